The lowest BCUT2D eigenvalue weighted by Crippen LogP contribution is -2.14. The summed E-state index contributed by atoms with van der Waals surface area (Å²) in [5.74, 6) is -0.983. The number of carboxylic acids is 1. The highest BCUT2D eigenvalue weighted by Crippen LogP contribution is 2.04. The monoisotopic (exact) mass is 145 g/mol. The van der Waals surface area contributed by atoms with Crippen LogP contribution in [0.3, 0.4) is 0 Å². The maximum Gasteiger partial charge on any atom is 0.376 e. The molecule has 0 radical (unpaired) electrons. The van der Waals surface area contributed by atoms with Crippen molar-refractivity contribution in [2.24, 2.45) is 0 Å². The minimum atomic E-state index is -0.983. The predicted octanol–water partition coefficient (Wildman–Crippen LogP) is -0.157. The molecule has 0 spiro atoms. The summed E-state index contributed by atoms with van der Waals surface area (Å²) in [5, 5.41) is 10.2. The van der Waals surface area contributed by atoms with Crippen molar-refractivity contribution in [1.29, 1.82) is 0 Å². The molecule has 1 rings (SSSR count). The first-order valence-corrected chi connectivity index (χ1v) is 3.07. The minimum Gasteiger partial charge on any atom is -0.475 e. The molecule has 0 aliphatic heterocycles. The van der Waals surface area contributed by atoms with E-state index in [-0.39, 0.29) is 5.69 Å². The van der Waals surface area contributed by atoms with Gasteiger partial charge in [-0.2, -0.15) is 0 Å². The third-order valence-corrected chi connectivity index (χ3v) is 1.50. The van der Waals surface area contributed by atoms with E-state index in [1.165, 1.54) is 16.7 Å². The Morgan fingerprint density at radius 3 is 2.78 bits per heavy atom. The van der Waals surface area contributed by atoms with Gasteiger partial charge in [-0.1, -0.05) is 11.3 Å². The number of carbonyl (C=O) groups is 1. The number of nitrogens with one attached hydrogen (secondary N) is 1. The van der Waals surface area contributed by atoms with Crippen LogP contribution in [0.4, 0.5) is 5.13 Å². The van der Waals surface area contributed by atoms with E-state index < -0.39 is 5.97 Å². The molecule has 9 heavy (non-hydrogen) atoms. The first kappa shape index (κ1) is 6.03. The van der Waals surface area contributed by atoms with Gasteiger partial charge in [0.1, 0.15) is 0 Å². The molecule has 1 aromatic heterocycles. The van der Waals surface area contributed by atoms with E-state index in [0.717, 1.165) is 0 Å². The lowest BCUT2D eigenvalue weighted by molar-refractivity contribution is -0.359. The number of aromatic amines is 1. The number of H-pyrrole nitrogens is 1. The second-order valence-corrected chi connectivity index (χ2v) is 2.36. The number of carboxylic acid groups (broad SMARTS) is 1. The van der Waals surface area contributed by atoms with Gasteiger partial charge in [0, 0.05) is 0 Å². The molecule has 0 aromatic carbocycles. The fraction of sp³-hybridized carbons (Fsp3) is 0. The molecule has 1 heterocycles. The summed E-state index contributed by atoms with van der Waals surface area (Å²) in [7, 11) is 0. The van der Waals surface area contributed by atoms with Gasteiger partial charge < -0.3 is 5.11 Å². The van der Waals surface area contributed by atoms with Crippen LogP contribution < -0.4 is 10.7 Å². The van der Waals surface area contributed by atoms with Crippen LogP contribution in [0.25, 0.3) is 0 Å². The Hall–Kier alpha value is -1.10. The normalized spacial score (nSPS) is 9.33. The highest BCUT2D eigenvalue weighted by Gasteiger charge is 2.09. The fourth-order valence-electron chi connectivity index (χ4n) is 0.418. The molecule has 0 atom stereocenters. The standard InChI is InChI=1S/C4H4N2O2S/c5-4-6-2(1-9-4)3(7)8/h1H,(H2,5,6)(H,7,8)/p+1. The van der Waals surface area contributed by atoms with Crippen LogP contribution in [0.15, 0.2) is 5.38 Å². The topological polar surface area (TPSA) is 77.5 Å². The third kappa shape index (κ3) is 1.17. The quantitative estimate of drug-likeness (QED) is 0.576. The molecule has 48 valence electrons. The summed E-state index contributed by atoms with van der Waals surface area (Å²) in [6.45, 7) is 0. The number of hydrogen-bond donors (Lipinski definition) is 2. The SMILES string of the molecule is Nc1[nH+]c(C(=O)O)cs1. The molecule has 0 aliphatic carbocycles. The summed E-state index contributed by atoms with van der Waals surface area (Å²) in [5.41, 5.74) is 5.35. The maximum atomic E-state index is 10.1. The van der Waals surface area contributed by atoms with Crippen LogP contribution in [0.1, 0.15) is 10.5 Å². The third-order valence-electron chi connectivity index (χ3n) is 0.792. The van der Waals surface area contributed by atoms with Crippen molar-refractivity contribution in [1.82, 2.24) is 0 Å². The summed E-state index contributed by atoms with van der Waals surface area (Å²) < 4.78 is 0. The lowest BCUT2D eigenvalue weighted by atomic mass is 10.5. The molecule has 0 bridgehead atoms. The Morgan fingerprint density at radius 1 is 1.89 bits per heavy atom. The summed E-state index contributed by atoms with van der Waals surface area (Å²) in [6.07, 6.45) is 0. The van der Waals surface area contributed by atoms with Crippen molar-refractivity contribution in [2.75, 3.05) is 5.73 Å². The zero-order valence-electron chi connectivity index (χ0n) is 4.42. The first-order valence-electron chi connectivity index (χ1n) is 2.19. The summed E-state index contributed by atoms with van der Waals surface area (Å²) in [4.78, 5) is 12.6. The second kappa shape index (κ2) is 2.02. The van der Waals surface area contributed by atoms with Gasteiger partial charge in [0.2, 0.25) is 5.69 Å². The zero-order chi connectivity index (χ0) is 6.85. The lowest BCUT2D eigenvalue weighted by Gasteiger charge is -1.76. The molecular formula is C4H5N2O2S+. The number of hydrogen-bond acceptors (Lipinski definition) is 3. The van der Waals surface area contributed by atoms with E-state index in [4.69, 9.17) is 10.8 Å². The number of rotatable bonds is 1. The number of anilines is 1. The minimum absolute atomic E-state index is 0.137. The van der Waals surface area contributed by atoms with Gasteiger partial charge >= 0.3 is 11.1 Å². The predicted molar refractivity (Wildman–Crippen MR) is 32.2 cm³/mol. The number of thiazole rings is 1. The molecule has 4 N–H and O–H groups in total. The van der Waals surface area contributed by atoms with E-state index in [1.54, 1.807) is 0 Å². The van der Waals surface area contributed by atoms with Crippen LogP contribution in [-0.2, 0) is 0 Å². The number of nitrogens with two attached hydrogens (primary N) is 1. The number of aromatic carboxylic acids is 1. The molecule has 0 aliphatic rings. The zero-order valence-corrected chi connectivity index (χ0v) is 5.23. The molecule has 1 aromatic rings. The van der Waals surface area contributed by atoms with Crippen molar-refractivity contribution in [3.63, 3.8) is 0 Å². The van der Waals surface area contributed by atoms with Crippen LogP contribution in [0.2, 0.25) is 0 Å². The van der Waals surface area contributed by atoms with Crippen LogP contribution in [0.5, 0.6) is 0 Å². The van der Waals surface area contributed by atoms with Gasteiger partial charge in [0.15, 0.2) is 0 Å². The highest BCUT2D eigenvalue weighted by molar-refractivity contribution is 7.13. The first-order chi connectivity index (χ1) is 4.20. The van der Waals surface area contributed by atoms with E-state index >= 15 is 0 Å². The summed E-state index contributed by atoms with van der Waals surface area (Å²) >= 11 is 1.17. The van der Waals surface area contributed by atoms with Gasteiger partial charge in [-0.05, 0) is 0 Å². The Morgan fingerprint density at radius 2 is 2.56 bits per heavy atom. The average Bonchev–Trinajstić information content (AvgIpc) is 2.14. The number of nitrogen functional groups attached to an aromatic ring is 1. The van der Waals surface area contributed by atoms with Gasteiger partial charge in [-0.25, -0.2) is 9.78 Å². The van der Waals surface area contributed by atoms with Gasteiger partial charge in [0.05, 0.1) is 5.38 Å². The fourth-order valence-corrected chi connectivity index (χ4v) is 0.991. The molecule has 0 saturated carbocycles. The number of aromatic nitrogens is 1. The van der Waals surface area contributed by atoms with Gasteiger partial charge in [-0.15, -0.1) is 0 Å². The van der Waals surface area contributed by atoms with Crippen LogP contribution >= 0.6 is 11.3 Å². The average molecular weight is 145 g/mol. The van der Waals surface area contributed by atoms with Crippen LogP contribution in [0, 0.1) is 0 Å². The second-order valence-electron chi connectivity index (χ2n) is 1.44. The molecule has 5 heteroatoms. The molecule has 0 saturated heterocycles. The van der Waals surface area contributed by atoms with Crippen molar-refractivity contribution in [2.45, 2.75) is 0 Å². The van der Waals surface area contributed by atoms with E-state index in [2.05, 4.69) is 4.98 Å². The van der Waals surface area contributed by atoms with Gasteiger partial charge in [-0.3, -0.25) is 5.73 Å². The largest absolute Gasteiger partial charge is 0.475 e. The van der Waals surface area contributed by atoms with Crippen molar-refractivity contribution >= 4 is 22.4 Å². The van der Waals surface area contributed by atoms with E-state index in [1.807, 2.05) is 0 Å². The molecule has 4 nitrogen and oxygen atoms in total. The van der Waals surface area contributed by atoms with Crippen molar-refractivity contribution < 1.29 is 14.9 Å². The van der Waals surface area contributed by atoms with Gasteiger partial charge in [0.25, 0.3) is 0 Å². The molecular weight excluding hydrogens is 140 g/mol. The smallest absolute Gasteiger partial charge is 0.376 e. The van der Waals surface area contributed by atoms with E-state index in [0.29, 0.717) is 5.13 Å². The Bertz CT molecular complexity index is 232. The Balaban J connectivity index is 2.98. The molecule has 0 unspecified atom stereocenters. The van der Waals surface area contributed by atoms with E-state index in [9.17, 15) is 4.79 Å². The molecule has 0 fully saturated rings. The van der Waals surface area contributed by atoms with Crippen LogP contribution in [-0.4, -0.2) is 11.1 Å². The Kier molecular flexibility index (Phi) is 1.35. The van der Waals surface area contributed by atoms with Crippen molar-refractivity contribution in [3.8, 4) is 0 Å². The highest BCUT2D eigenvalue weighted by atomic mass is 32.1. The maximum absolute atomic E-state index is 10.1. The Labute approximate surface area is 55.0 Å². The summed E-state index contributed by atoms with van der Waals surface area (Å²) in [6, 6.07) is 0. The molecule has 0 amide bonds. The van der Waals surface area contributed by atoms with Crippen molar-refractivity contribution in [3.05, 3.63) is 11.1 Å².